The summed E-state index contributed by atoms with van der Waals surface area (Å²) in [5.74, 6) is 0.803. The maximum absolute atomic E-state index is 12.9. The summed E-state index contributed by atoms with van der Waals surface area (Å²) in [6.07, 6.45) is 0.787. The van der Waals surface area contributed by atoms with E-state index in [1.165, 1.54) is 39.8 Å². The van der Waals surface area contributed by atoms with Gasteiger partial charge in [0.15, 0.2) is 22.1 Å². The number of benzene rings is 2. The van der Waals surface area contributed by atoms with Crippen LogP contribution in [0.15, 0.2) is 30.3 Å². The minimum absolute atomic E-state index is 0.336. The van der Waals surface area contributed by atoms with Crippen LogP contribution < -0.4 is 24.3 Å². The highest BCUT2D eigenvalue weighted by atomic mass is 32.1. The average Bonchev–Trinajstić information content (AvgIpc) is 3.18. The first kappa shape index (κ1) is 23.2. The third-order valence-corrected chi connectivity index (χ3v) is 5.78. The Morgan fingerprint density at radius 1 is 0.938 bits per heavy atom. The van der Waals surface area contributed by atoms with Crippen LogP contribution in [0.1, 0.15) is 33.4 Å². The van der Waals surface area contributed by atoms with Gasteiger partial charge in [-0.2, -0.15) is 0 Å². The number of hydrogen-bond donors (Lipinski definition) is 1. The summed E-state index contributed by atoms with van der Waals surface area (Å²) >= 11 is 1.29. The number of nitrogens with one attached hydrogen (secondary N) is 1. The third kappa shape index (κ3) is 4.57. The quantitative estimate of drug-likeness (QED) is 0.462. The molecule has 9 heteroatoms. The number of fused-ring (bicyclic) bond motifs is 1. The zero-order valence-corrected chi connectivity index (χ0v) is 19.4. The normalized spacial score (nSPS) is 10.5. The van der Waals surface area contributed by atoms with Gasteiger partial charge >= 0.3 is 5.97 Å². The molecule has 0 spiro atoms. The molecule has 8 nitrogen and oxygen atoms in total. The van der Waals surface area contributed by atoms with Gasteiger partial charge in [0.2, 0.25) is 5.75 Å². The molecule has 0 aliphatic carbocycles. The second-order valence-electron chi connectivity index (χ2n) is 6.68. The molecule has 0 saturated carbocycles. The topological polar surface area (TPSA) is 92.3 Å². The van der Waals surface area contributed by atoms with Crippen molar-refractivity contribution in [2.24, 2.45) is 0 Å². The predicted octanol–water partition coefficient (Wildman–Crippen LogP) is 4.75. The zero-order chi connectivity index (χ0) is 23.3. The standard InChI is InChI=1S/C23H25NO7S/c1-6-9-31-19-15-12-14(7-8-18(15)32-21(19)23(26)30-5)24-22(25)13-10-16(27-2)20(29-4)17(11-13)28-3/h7-8,10-12H,6,9H2,1-5H3,(H,24,25). The molecule has 170 valence electrons. The van der Waals surface area contributed by atoms with E-state index in [4.69, 9.17) is 23.7 Å². The van der Waals surface area contributed by atoms with Crippen LogP contribution in [0, 0.1) is 0 Å². The number of esters is 1. The second-order valence-corrected chi connectivity index (χ2v) is 7.73. The Morgan fingerprint density at radius 3 is 2.19 bits per heavy atom. The molecule has 0 saturated heterocycles. The molecule has 1 aromatic heterocycles. The van der Waals surface area contributed by atoms with Crippen molar-refractivity contribution in [2.75, 3.05) is 40.4 Å². The van der Waals surface area contributed by atoms with Gasteiger partial charge in [0, 0.05) is 21.3 Å². The molecule has 1 heterocycles. The Labute approximate surface area is 190 Å². The highest BCUT2D eigenvalue weighted by Crippen LogP contribution is 2.41. The van der Waals surface area contributed by atoms with Crippen LogP contribution in [0.2, 0.25) is 0 Å². The Balaban J connectivity index is 1.97. The van der Waals surface area contributed by atoms with Gasteiger partial charge in [0.1, 0.15) is 0 Å². The molecular formula is C23H25NO7S. The van der Waals surface area contributed by atoms with Crippen molar-refractivity contribution in [3.63, 3.8) is 0 Å². The van der Waals surface area contributed by atoms with Crippen molar-refractivity contribution in [3.8, 4) is 23.0 Å². The number of methoxy groups -OCH3 is 4. The maximum atomic E-state index is 12.9. The monoisotopic (exact) mass is 459 g/mol. The summed E-state index contributed by atoms with van der Waals surface area (Å²) in [6.45, 7) is 2.44. The van der Waals surface area contributed by atoms with E-state index in [0.717, 1.165) is 16.5 Å². The van der Waals surface area contributed by atoms with Crippen molar-refractivity contribution in [1.82, 2.24) is 0 Å². The van der Waals surface area contributed by atoms with Crippen LogP contribution in [0.25, 0.3) is 10.1 Å². The first-order valence-corrected chi connectivity index (χ1v) is 10.7. The molecule has 0 unspecified atom stereocenters. The van der Waals surface area contributed by atoms with Crippen LogP contribution in [0.5, 0.6) is 23.0 Å². The molecule has 2 aromatic carbocycles. The van der Waals surface area contributed by atoms with Gasteiger partial charge in [0.25, 0.3) is 5.91 Å². The summed E-state index contributed by atoms with van der Waals surface area (Å²) in [5, 5.41) is 3.60. The largest absolute Gasteiger partial charge is 0.493 e. The summed E-state index contributed by atoms with van der Waals surface area (Å²) in [6, 6.07) is 8.52. The Morgan fingerprint density at radius 2 is 1.62 bits per heavy atom. The molecule has 0 fully saturated rings. The average molecular weight is 460 g/mol. The van der Waals surface area contributed by atoms with Gasteiger partial charge in [-0.15, -0.1) is 11.3 Å². The molecule has 0 aliphatic rings. The number of hydrogen-bond acceptors (Lipinski definition) is 8. The van der Waals surface area contributed by atoms with Gasteiger partial charge in [-0.25, -0.2) is 4.79 Å². The maximum Gasteiger partial charge on any atom is 0.351 e. The molecule has 0 atom stereocenters. The minimum Gasteiger partial charge on any atom is -0.493 e. The van der Waals surface area contributed by atoms with Gasteiger partial charge < -0.3 is 29.0 Å². The van der Waals surface area contributed by atoms with E-state index in [9.17, 15) is 9.59 Å². The summed E-state index contributed by atoms with van der Waals surface area (Å²) in [7, 11) is 5.80. The van der Waals surface area contributed by atoms with Crippen LogP contribution >= 0.6 is 11.3 Å². The number of amides is 1. The van der Waals surface area contributed by atoms with E-state index in [2.05, 4.69) is 5.32 Å². The SMILES string of the molecule is CCCOc1c(C(=O)OC)sc2ccc(NC(=O)c3cc(OC)c(OC)c(OC)c3)cc12. The number of anilines is 1. The highest BCUT2D eigenvalue weighted by Gasteiger charge is 2.22. The molecule has 1 amide bonds. The molecule has 0 aliphatic heterocycles. The van der Waals surface area contributed by atoms with E-state index >= 15 is 0 Å². The fourth-order valence-corrected chi connectivity index (χ4v) is 4.19. The van der Waals surface area contributed by atoms with Gasteiger partial charge in [-0.3, -0.25) is 4.79 Å². The smallest absolute Gasteiger partial charge is 0.351 e. The van der Waals surface area contributed by atoms with Crippen LogP contribution in [0.3, 0.4) is 0 Å². The lowest BCUT2D eigenvalue weighted by Crippen LogP contribution is -2.12. The van der Waals surface area contributed by atoms with Gasteiger partial charge in [-0.05, 0) is 36.8 Å². The van der Waals surface area contributed by atoms with Crippen molar-refractivity contribution in [3.05, 3.63) is 40.8 Å². The van der Waals surface area contributed by atoms with Crippen LogP contribution in [-0.4, -0.2) is 46.9 Å². The van der Waals surface area contributed by atoms with Crippen molar-refractivity contribution < 1.29 is 33.3 Å². The first-order valence-electron chi connectivity index (χ1n) is 9.86. The molecular weight excluding hydrogens is 434 g/mol. The first-order chi connectivity index (χ1) is 15.5. The molecule has 1 N–H and O–H groups in total. The molecule has 0 radical (unpaired) electrons. The minimum atomic E-state index is -0.458. The van der Waals surface area contributed by atoms with Crippen molar-refractivity contribution >= 4 is 39.0 Å². The summed E-state index contributed by atoms with van der Waals surface area (Å²) in [5.41, 5.74) is 0.884. The number of carbonyl (C=O) groups excluding carboxylic acids is 2. The number of thiophene rings is 1. The van der Waals surface area contributed by atoms with E-state index in [-0.39, 0.29) is 5.91 Å². The summed E-state index contributed by atoms with van der Waals surface area (Å²) in [4.78, 5) is 25.5. The fraction of sp³-hybridized carbons (Fsp3) is 0.304. The Kier molecular flexibility index (Phi) is 7.42. The molecule has 32 heavy (non-hydrogen) atoms. The molecule has 0 bridgehead atoms. The zero-order valence-electron chi connectivity index (χ0n) is 18.6. The number of rotatable bonds is 9. The van der Waals surface area contributed by atoms with Gasteiger partial charge in [-0.1, -0.05) is 6.92 Å². The number of carbonyl (C=O) groups is 2. The van der Waals surface area contributed by atoms with E-state index in [0.29, 0.717) is 45.7 Å². The van der Waals surface area contributed by atoms with Crippen molar-refractivity contribution in [1.29, 1.82) is 0 Å². The van der Waals surface area contributed by atoms with Crippen LogP contribution in [0.4, 0.5) is 5.69 Å². The van der Waals surface area contributed by atoms with Crippen molar-refractivity contribution in [2.45, 2.75) is 13.3 Å². The second kappa shape index (κ2) is 10.2. The molecule has 3 aromatic rings. The fourth-order valence-electron chi connectivity index (χ4n) is 3.14. The Hall–Kier alpha value is -3.46. The van der Waals surface area contributed by atoms with E-state index in [1.54, 1.807) is 24.3 Å². The van der Waals surface area contributed by atoms with Crippen LogP contribution in [-0.2, 0) is 4.74 Å². The van der Waals surface area contributed by atoms with E-state index in [1.807, 2.05) is 13.0 Å². The lowest BCUT2D eigenvalue weighted by atomic mass is 10.1. The number of ether oxygens (including phenoxy) is 5. The molecule has 3 rings (SSSR count). The summed E-state index contributed by atoms with van der Waals surface area (Å²) < 4.78 is 27.5. The Bertz CT molecular complexity index is 1110. The highest BCUT2D eigenvalue weighted by molar-refractivity contribution is 7.21. The lowest BCUT2D eigenvalue weighted by molar-refractivity contribution is 0.0602. The van der Waals surface area contributed by atoms with Gasteiger partial charge in [0.05, 0.1) is 35.0 Å². The third-order valence-electron chi connectivity index (χ3n) is 4.65. The van der Waals surface area contributed by atoms with E-state index < -0.39 is 5.97 Å². The predicted molar refractivity (Wildman–Crippen MR) is 123 cm³/mol. The lowest BCUT2D eigenvalue weighted by Gasteiger charge is -2.14.